The second kappa shape index (κ2) is 9.65. The molecule has 0 aromatic heterocycles. The van der Waals surface area contributed by atoms with E-state index >= 15 is 0 Å². The zero-order valence-electron chi connectivity index (χ0n) is 15.8. The highest BCUT2D eigenvalue weighted by molar-refractivity contribution is 7.89. The minimum Gasteiger partial charge on any atom is -0.488 e. The lowest BCUT2D eigenvalue weighted by Crippen LogP contribution is -2.17. The zero-order valence-corrected chi connectivity index (χ0v) is 16.7. The van der Waals surface area contributed by atoms with E-state index in [0.717, 1.165) is 17.5 Å². The van der Waals surface area contributed by atoms with Crippen LogP contribution >= 0.6 is 0 Å². The van der Waals surface area contributed by atoms with E-state index in [0.29, 0.717) is 24.4 Å². The summed E-state index contributed by atoms with van der Waals surface area (Å²) in [5, 5.41) is 8.45. The van der Waals surface area contributed by atoms with Gasteiger partial charge in [0.2, 0.25) is 10.0 Å². The highest BCUT2D eigenvalue weighted by Crippen LogP contribution is 2.20. The molecule has 7 heteroatoms. The van der Waals surface area contributed by atoms with E-state index in [1.165, 1.54) is 18.2 Å². The molecule has 0 aliphatic rings. The number of para-hydroxylation sites is 1. The van der Waals surface area contributed by atoms with E-state index in [1.54, 1.807) is 30.3 Å². The summed E-state index contributed by atoms with van der Waals surface area (Å²) in [5.41, 5.74) is 2.50. The van der Waals surface area contributed by atoms with Crippen molar-refractivity contribution in [1.82, 2.24) is 5.32 Å². The molecular formula is C22H23FN2O3S. The first-order chi connectivity index (χ1) is 13.9. The predicted octanol–water partition coefficient (Wildman–Crippen LogP) is 3.38. The Balaban J connectivity index is 1.51. The molecule has 0 aliphatic heterocycles. The highest BCUT2D eigenvalue weighted by Gasteiger charge is 2.08. The van der Waals surface area contributed by atoms with Gasteiger partial charge in [-0.1, -0.05) is 48.5 Å². The van der Waals surface area contributed by atoms with E-state index in [2.05, 4.69) is 5.32 Å². The van der Waals surface area contributed by atoms with Gasteiger partial charge in [-0.25, -0.2) is 17.9 Å². The number of rotatable bonds is 9. The third kappa shape index (κ3) is 6.12. The van der Waals surface area contributed by atoms with E-state index in [4.69, 9.17) is 9.88 Å². The van der Waals surface area contributed by atoms with Crippen LogP contribution in [0.15, 0.2) is 77.7 Å². The van der Waals surface area contributed by atoms with Gasteiger partial charge in [-0.15, -0.1) is 0 Å². The number of primary sulfonamides is 1. The summed E-state index contributed by atoms with van der Waals surface area (Å²) in [6, 6.07) is 20.7. The van der Waals surface area contributed by atoms with Crippen molar-refractivity contribution in [3.8, 4) is 5.75 Å². The van der Waals surface area contributed by atoms with Gasteiger partial charge in [0, 0.05) is 17.7 Å². The van der Waals surface area contributed by atoms with Crippen molar-refractivity contribution in [1.29, 1.82) is 0 Å². The van der Waals surface area contributed by atoms with E-state index in [9.17, 15) is 12.8 Å². The van der Waals surface area contributed by atoms with E-state index in [-0.39, 0.29) is 17.3 Å². The molecule has 3 N–H and O–H groups in total. The fraction of sp³-hybridized carbons (Fsp3) is 0.182. The topological polar surface area (TPSA) is 81.4 Å². The second-order valence-electron chi connectivity index (χ2n) is 6.60. The van der Waals surface area contributed by atoms with Crippen LogP contribution in [0.25, 0.3) is 0 Å². The Hall–Kier alpha value is -2.74. The Morgan fingerprint density at radius 3 is 2.24 bits per heavy atom. The van der Waals surface area contributed by atoms with Crippen LogP contribution in [-0.2, 0) is 29.6 Å². The van der Waals surface area contributed by atoms with Crippen LogP contribution < -0.4 is 15.2 Å². The number of benzene rings is 3. The molecule has 0 bridgehead atoms. The predicted molar refractivity (Wildman–Crippen MR) is 110 cm³/mol. The van der Waals surface area contributed by atoms with Gasteiger partial charge in [0.25, 0.3) is 0 Å². The summed E-state index contributed by atoms with van der Waals surface area (Å²) < 4.78 is 42.2. The number of sulfonamides is 1. The van der Waals surface area contributed by atoms with E-state index < -0.39 is 10.0 Å². The Morgan fingerprint density at radius 1 is 0.897 bits per heavy atom. The number of nitrogens with two attached hydrogens (primary N) is 1. The van der Waals surface area contributed by atoms with Crippen LogP contribution in [0.5, 0.6) is 5.75 Å². The molecule has 0 saturated carbocycles. The maximum Gasteiger partial charge on any atom is 0.238 e. The zero-order chi connectivity index (χ0) is 20.7. The van der Waals surface area contributed by atoms with Gasteiger partial charge in [0.05, 0.1) is 4.90 Å². The van der Waals surface area contributed by atoms with Gasteiger partial charge >= 0.3 is 0 Å². The first-order valence-electron chi connectivity index (χ1n) is 9.20. The smallest absolute Gasteiger partial charge is 0.238 e. The molecule has 5 nitrogen and oxygen atoms in total. The summed E-state index contributed by atoms with van der Waals surface area (Å²) in [6.07, 6.45) is 0.739. The fourth-order valence-electron chi connectivity index (χ4n) is 2.86. The summed E-state index contributed by atoms with van der Waals surface area (Å²) in [4.78, 5) is 0.107. The van der Waals surface area contributed by atoms with Crippen LogP contribution in [0.2, 0.25) is 0 Å². The first-order valence-corrected chi connectivity index (χ1v) is 10.7. The Labute approximate surface area is 170 Å². The Morgan fingerprint density at radius 2 is 1.55 bits per heavy atom. The normalized spacial score (nSPS) is 11.4. The minimum atomic E-state index is -3.67. The van der Waals surface area contributed by atoms with Gasteiger partial charge in [-0.3, -0.25) is 0 Å². The van der Waals surface area contributed by atoms with Crippen molar-refractivity contribution in [2.24, 2.45) is 5.14 Å². The molecule has 0 aliphatic carbocycles. The molecule has 0 radical (unpaired) electrons. The molecule has 0 unspecified atom stereocenters. The molecule has 0 saturated heterocycles. The van der Waals surface area contributed by atoms with Gasteiger partial charge in [-0.05, 0) is 42.8 Å². The maximum atomic E-state index is 13.8. The van der Waals surface area contributed by atoms with Crippen LogP contribution in [0.1, 0.15) is 16.7 Å². The van der Waals surface area contributed by atoms with Crippen molar-refractivity contribution >= 4 is 10.0 Å². The maximum absolute atomic E-state index is 13.8. The van der Waals surface area contributed by atoms with Crippen LogP contribution in [0.3, 0.4) is 0 Å². The molecule has 29 heavy (non-hydrogen) atoms. The third-order valence-electron chi connectivity index (χ3n) is 4.47. The summed E-state index contributed by atoms with van der Waals surface area (Å²) in [5.74, 6) is 0.428. The molecule has 3 aromatic carbocycles. The van der Waals surface area contributed by atoms with Crippen molar-refractivity contribution in [2.45, 2.75) is 24.5 Å². The Bertz CT molecular complexity index is 1050. The van der Waals surface area contributed by atoms with Crippen molar-refractivity contribution < 1.29 is 17.5 Å². The average Bonchev–Trinajstić information content (AvgIpc) is 2.71. The Kier molecular flexibility index (Phi) is 6.98. The lowest BCUT2D eigenvalue weighted by Gasteiger charge is -2.13. The SMILES string of the molecule is NS(=O)(=O)c1ccc(CCNCc2ccccc2OCc2ccccc2F)cc1. The standard InChI is InChI=1S/C22H23FN2O3S/c23-21-7-3-1-6-19(21)16-28-22-8-4-2-5-18(22)15-25-14-13-17-9-11-20(12-10-17)29(24,26)27/h1-12,25H,13-16H2,(H2,24,26,27). The van der Waals surface area contributed by atoms with Crippen molar-refractivity contribution in [3.63, 3.8) is 0 Å². The molecule has 0 spiro atoms. The summed E-state index contributed by atoms with van der Waals surface area (Å²) in [6.45, 7) is 1.47. The largest absolute Gasteiger partial charge is 0.488 e. The molecule has 0 fully saturated rings. The quantitative estimate of drug-likeness (QED) is 0.526. The van der Waals surface area contributed by atoms with Gasteiger partial charge in [0.15, 0.2) is 0 Å². The van der Waals surface area contributed by atoms with Gasteiger partial charge in [0.1, 0.15) is 18.2 Å². The first kappa shape index (κ1) is 21.0. The second-order valence-corrected chi connectivity index (χ2v) is 8.16. The molecule has 3 aromatic rings. The lowest BCUT2D eigenvalue weighted by molar-refractivity contribution is 0.296. The molecule has 0 amide bonds. The monoisotopic (exact) mass is 414 g/mol. The van der Waals surface area contributed by atoms with E-state index in [1.807, 2.05) is 24.3 Å². The average molecular weight is 415 g/mol. The summed E-state index contributed by atoms with van der Waals surface area (Å²) >= 11 is 0. The van der Waals surface area contributed by atoms with Crippen molar-refractivity contribution in [2.75, 3.05) is 6.54 Å². The van der Waals surface area contributed by atoms with Crippen molar-refractivity contribution in [3.05, 3.63) is 95.3 Å². The molecule has 0 heterocycles. The fourth-order valence-corrected chi connectivity index (χ4v) is 3.38. The number of nitrogens with one attached hydrogen (secondary N) is 1. The number of hydrogen-bond donors (Lipinski definition) is 2. The van der Waals surface area contributed by atoms with Gasteiger partial charge < -0.3 is 10.1 Å². The van der Waals surface area contributed by atoms with Gasteiger partial charge in [-0.2, -0.15) is 0 Å². The summed E-state index contributed by atoms with van der Waals surface area (Å²) in [7, 11) is -3.67. The number of ether oxygens (including phenoxy) is 1. The third-order valence-corrected chi connectivity index (χ3v) is 5.40. The molecular weight excluding hydrogens is 391 g/mol. The number of halogens is 1. The molecule has 3 rings (SSSR count). The highest BCUT2D eigenvalue weighted by atomic mass is 32.2. The lowest BCUT2D eigenvalue weighted by atomic mass is 10.1. The minimum absolute atomic E-state index is 0.107. The van der Waals surface area contributed by atoms with Crippen LogP contribution in [-0.4, -0.2) is 15.0 Å². The molecule has 152 valence electrons. The molecule has 0 atom stereocenters. The number of hydrogen-bond acceptors (Lipinski definition) is 4. The van der Waals surface area contributed by atoms with Crippen LogP contribution in [0, 0.1) is 5.82 Å². The van der Waals surface area contributed by atoms with Crippen LogP contribution in [0.4, 0.5) is 4.39 Å².